The van der Waals surface area contributed by atoms with Crippen LogP contribution in [0.2, 0.25) is 5.28 Å². The van der Waals surface area contributed by atoms with E-state index in [1.54, 1.807) is 0 Å². The number of benzene rings is 1. The van der Waals surface area contributed by atoms with Crippen molar-refractivity contribution in [3.63, 3.8) is 0 Å². The van der Waals surface area contributed by atoms with Gasteiger partial charge in [-0.3, -0.25) is 0 Å². The maximum Gasteiger partial charge on any atom is 0.322 e. The highest BCUT2D eigenvalue weighted by Crippen LogP contribution is 2.12. The minimum absolute atomic E-state index is 0.0849. The van der Waals surface area contributed by atoms with E-state index < -0.39 is 0 Å². The molecule has 2 rings (SSSR count). The Morgan fingerprint density at radius 1 is 1.22 bits per heavy atom. The number of anilines is 2. The SMILES string of the molecule is COc1nc(Cl)nc(NCc2ccc(N)cc2)n1. The number of hydrogen-bond acceptors (Lipinski definition) is 6. The van der Waals surface area contributed by atoms with Crippen molar-refractivity contribution < 1.29 is 4.74 Å². The smallest absolute Gasteiger partial charge is 0.322 e. The lowest BCUT2D eigenvalue weighted by atomic mass is 10.2. The van der Waals surface area contributed by atoms with E-state index in [0.29, 0.717) is 12.5 Å². The Hall–Kier alpha value is -2.08. The van der Waals surface area contributed by atoms with E-state index in [4.69, 9.17) is 22.1 Å². The van der Waals surface area contributed by atoms with Crippen molar-refractivity contribution in [1.29, 1.82) is 0 Å². The first-order chi connectivity index (χ1) is 8.67. The molecular weight excluding hydrogens is 254 g/mol. The molecule has 0 spiro atoms. The number of aromatic nitrogens is 3. The van der Waals surface area contributed by atoms with Gasteiger partial charge in [-0.1, -0.05) is 12.1 Å². The first kappa shape index (κ1) is 12.4. The molecule has 6 nitrogen and oxygen atoms in total. The highest BCUT2D eigenvalue weighted by Gasteiger charge is 2.04. The summed E-state index contributed by atoms with van der Waals surface area (Å²) in [6.07, 6.45) is 0. The van der Waals surface area contributed by atoms with Crippen LogP contribution in [0, 0.1) is 0 Å². The van der Waals surface area contributed by atoms with E-state index >= 15 is 0 Å². The van der Waals surface area contributed by atoms with Gasteiger partial charge in [0, 0.05) is 12.2 Å². The summed E-state index contributed by atoms with van der Waals surface area (Å²) < 4.78 is 4.90. The van der Waals surface area contributed by atoms with Crippen molar-refractivity contribution in [3.05, 3.63) is 35.1 Å². The van der Waals surface area contributed by atoms with Gasteiger partial charge in [0.25, 0.3) is 0 Å². The molecule has 1 aromatic heterocycles. The third kappa shape index (κ3) is 3.21. The topological polar surface area (TPSA) is 86.0 Å². The molecule has 0 saturated carbocycles. The summed E-state index contributed by atoms with van der Waals surface area (Å²) in [5, 5.41) is 3.11. The first-order valence-corrected chi connectivity index (χ1v) is 5.59. The van der Waals surface area contributed by atoms with Crippen LogP contribution in [0.15, 0.2) is 24.3 Å². The van der Waals surface area contributed by atoms with Crippen LogP contribution < -0.4 is 15.8 Å². The van der Waals surface area contributed by atoms with Crippen LogP contribution in [0.3, 0.4) is 0 Å². The molecule has 7 heteroatoms. The summed E-state index contributed by atoms with van der Waals surface area (Å²) in [7, 11) is 1.47. The van der Waals surface area contributed by atoms with Crippen molar-refractivity contribution in [2.75, 3.05) is 18.2 Å². The number of nitrogens with two attached hydrogens (primary N) is 1. The van der Waals surface area contributed by atoms with Crippen molar-refractivity contribution >= 4 is 23.2 Å². The van der Waals surface area contributed by atoms with Crippen LogP contribution in [0.5, 0.6) is 6.01 Å². The Bertz CT molecular complexity index is 531. The Labute approximate surface area is 109 Å². The van der Waals surface area contributed by atoms with Gasteiger partial charge in [0.05, 0.1) is 7.11 Å². The fourth-order valence-corrected chi connectivity index (χ4v) is 1.47. The van der Waals surface area contributed by atoms with Crippen molar-refractivity contribution in [2.45, 2.75) is 6.54 Å². The Kier molecular flexibility index (Phi) is 3.78. The number of ether oxygens (including phenoxy) is 1. The first-order valence-electron chi connectivity index (χ1n) is 5.21. The average Bonchev–Trinajstić information content (AvgIpc) is 2.37. The van der Waals surface area contributed by atoms with Crippen LogP contribution in [-0.2, 0) is 6.54 Å². The van der Waals surface area contributed by atoms with Gasteiger partial charge in [0.15, 0.2) is 0 Å². The Morgan fingerprint density at radius 2 is 1.94 bits per heavy atom. The lowest BCUT2D eigenvalue weighted by molar-refractivity contribution is 0.379. The fourth-order valence-electron chi connectivity index (χ4n) is 1.32. The average molecular weight is 266 g/mol. The molecule has 94 valence electrons. The number of nitrogens with zero attached hydrogens (tertiary/aromatic N) is 3. The van der Waals surface area contributed by atoms with Crippen LogP contribution in [0.1, 0.15) is 5.56 Å². The van der Waals surface area contributed by atoms with Crippen LogP contribution in [0.4, 0.5) is 11.6 Å². The fraction of sp³-hybridized carbons (Fsp3) is 0.182. The Balaban J connectivity index is 2.05. The van der Waals surface area contributed by atoms with E-state index in [1.165, 1.54) is 7.11 Å². The lowest BCUT2D eigenvalue weighted by Crippen LogP contribution is -2.06. The predicted octanol–water partition coefficient (Wildman–Crippen LogP) is 1.73. The molecule has 0 saturated heterocycles. The molecule has 2 aromatic rings. The summed E-state index contributed by atoms with van der Waals surface area (Å²) in [6.45, 7) is 0.559. The molecule has 0 amide bonds. The zero-order valence-electron chi connectivity index (χ0n) is 9.72. The molecule has 0 radical (unpaired) electrons. The number of rotatable bonds is 4. The molecule has 0 atom stereocenters. The highest BCUT2D eigenvalue weighted by molar-refractivity contribution is 6.28. The number of halogens is 1. The van der Waals surface area contributed by atoms with E-state index in [-0.39, 0.29) is 11.3 Å². The van der Waals surface area contributed by atoms with Crippen LogP contribution in [0.25, 0.3) is 0 Å². The second-order valence-electron chi connectivity index (χ2n) is 3.51. The monoisotopic (exact) mass is 265 g/mol. The number of methoxy groups -OCH3 is 1. The minimum atomic E-state index is 0.0849. The number of nitrogen functional groups attached to an aromatic ring is 1. The van der Waals surface area contributed by atoms with E-state index in [0.717, 1.165) is 11.3 Å². The molecule has 0 bridgehead atoms. The van der Waals surface area contributed by atoms with Crippen molar-refractivity contribution in [1.82, 2.24) is 15.0 Å². The summed E-state index contributed by atoms with van der Waals surface area (Å²) in [6, 6.07) is 7.68. The molecule has 0 unspecified atom stereocenters. The minimum Gasteiger partial charge on any atom is -0.467 e. The van der Waals surface area contributed by atoms with Gasteiger partial charge in [-0.25, -0.2) is 0 Å². The third-order valence-electron chi connectivity index (χ3n) is 2.20. The van der Waals surface area contributed by atoms with Gasteiger partial charge in [-0.15, -0.1) is 0 Å². The zero-order valence-corrected chi connectivity index (χ0v) is 10.5. The third-order valence-corrected chi connectivity index (χ3v) is 2.37. The predicted molar refractivity (Wildman–Crippen MR) is 69.6 cm³/mol. The molecule has 1 heterocycles. The summed E-state index contributed by atoms with van der Waals surface area (Å²) in [5.41, 5.74) is 7.39. The van der Waals surface area contributed by atoms with E-state index in [1.807, 2.05) is 24.3 Å². The molecular formula is C11H12ClN5O. The van der Waals surface area contributed by atoms with Gasteiger partial charge in [0.1, 0.15) is 0 Å². The van der Waals surface area contributed by atoms with Gasteiger partial charge in [-0.2, -0.15) is 15.0 Å². The van der Waals surface area contributed by atoms with Crippen molar-refractivity contribution in [3.8, 4) is 6.01 Å². The van der Waals surface area contributed by atoms with E-state index in [9.17, 15) is 0 Å². The molecule has 0 fully saturated rings. The Morgan fingerprint density at radius 3 is 2.61 bits per heavy atom. The molecule has 18 heavy (non-hydrogen) atoms. The van der Waals surface area contributed by atoms with Crippen LogP contribution >= 0.6 is 11.6 Å². The normalized spacial score (nSPS) is 10.1. The summed E-state index contributed by atoms with van der Waals surface area (Å²) in [5.74, 6) is 0.365. The molecule has 0 aliphatic carbocycles. The van der Waals surface area contributed by atoms with Gasteiger partial charge >= 0.3 is 6.01 Å². The quantitative estimate of drug-likeness (QED) is 0.819. The lowest BCUT2D eigenvalue weighted by Gasteiger charge is -2.06. The maximum absolute atomic E-state index is 5.73. The second-order valence-corrected chi connectivity index (χ2v) is 3.85. The largest absolute Gasteiger partial charge is 0.467 e. The van der Waals surface area contributed by atoms with Crippen LogP contribution in [-0.4, -0.2) is 22.1 Å². The second kappa shape index (κ2) is 5.50. The van der Waals surface area contributed by atoms with Crippen molar-refractivity contribution in [2.24, 2.45) is 0 Å². The molecule has 1 aromatic carbocycles. The molecule has 0 aliphatic heterocycles. The van der Waals surface area contributed by atoms with Gasteiger partial charge in [-0.05, 0) is 29.3 Å². The summed E-state index contributed by atoms with van der Waals surface area (Å²) >= 11 is 5.73. The van der Waals surface area contributed by atoms with Gasteiger partial charge in [0.2, 0.25) is 11.2 Å². The number of hydrogen-bond donors (Lipinski definition) is 2. The number of nitrogens with one attached hydrogen (secondary N) is 1. The molecule has 3 N–H and O–H groups in total. The molecule has 0 aliphatic rings. The summed E-state index contributed by atoms with van der Waals surface area (Å²) in [4.78, 5) is 11.7. The highest BCUT2D eigenvalue weighted by atomic mass is 35.5. The maximum atomic E-state index is 5.73. The standard InChI is InChI=1S/C11H12ClN5O/c1-18-11-16-9(12)15-10(17-11)14-6-7-2-4-8(13)5-3-7/h2-5H,6,13H2,1H3,(H,14,15,16,17). The zero-order chi connectivity index (χ0) is 13.0. The van der Waals surface area contributed by atoms with Gasteiger partial charge < -0.3 is 15.8 Å². The van der Waals surface area contributed by atoms with E-state index in [2.05, 4.69) is 20.3 Å².